The minimum atomic E-state index is -0.651. The van der Waals surface area contributed by atoms with Crippen molar-refractivity contribution >= 4 is 30.1 Å². The van der Waals surface area contributed by atoms with Crippen LogP contribution in [0.15, 0.2) is 18.2 Å². The van der Waals surface area contributed by atoms with Crippen molar-refractivity contribution in [1.29, 1.82) is 0 Å². The lowest BCUT2D eigenvalue weighted by atomic mass is 10.00. The van der Waals surface area contributed by atoms with Gasteiger partial charge in [-0.05, 0) is 30.2 Å². The molecule has 2 aliphatic heterocycles. The van der Waals surface area contributed by atoms with E-state index in [-0.39, 0.29) is 24.2 Å². The molecule has 7 heteroatoms. The Morgan fingerprint density at radius 2 is 2.12 bits per heavy atom. The molecule has 3 rings (SSSR count). The van der Waals surface area contributed by atoms with Crippen LogP contribution < -0.4 is 10.2 Å². The Hall–Kier alpha value is -2.70. The molecule has 1 atom stereocenters. The van der Waals surface area contributed by atoms with E-state index in [1.165, 1.54) is 11.9 Å². The lowest BCUT2D eigenvalue weighted by Crippen LogP contribution is -2.47. The molecule has 0 saturated carbocycles. The standard InChI is InChI=1S/C18H21N3O4/c1-19-17(24)16(3-2-6-22)21-10-13-7-14(4-5-15(13)18(21)25)20-8-12(9-20)11-23/h4-7,11-12,16H,2-3,8-10H2,1H3,(H,19,24). The Kier molecular flexibility index (Phi) is 4.83. The fourth-order valence-electron chi connectivity index (χ4n) is 3.41. The molecular weight excluding hydrogens is 322 g/mol. The monoisotopic (exact) mass is 343 g/mol. The molecule has 1 N–H and O–H groups in total. The third kappa shape index (κ3) is 3.14. The van der Waals surface area contributed by atoms with Gasteiger partial charge in [0.2, 0.25) is 5.91 Å². The topological polar surface area (TPSA) is 86.8 Å². The van der Waals surface area contributed by atoms with Crippen LogP contribution in [0.2, 0.25) is 0 Å². The van der Waals surface area contributed by atoms with Gasteiger partial charge in [0.1, 0.15) is 18.6 Å². The number of carbonyl (C=O) groups excluding carboxylic acids is 4. The molecule has 2 heterocycles. The van der Waals surface area contributed by atoms with Crippen molar-refractivity contribution in [3.63, 3.8) is 0 Å². The maximum atomic E-state index is 12.7. The number of anilines is 1. The van der Waals surface area contributed by atoms with Crippen molar-refractivity contribution in [2.75, 3.05) is 25.0 Å². The Balaban J connectivity index is 1.78. The van der Waals surface area contributed by atoms with E-state index < -0.39 is 6.04 Å². The van der Waals surface area contributed by atoms with Crippen LogP contribution in [0.25, 0.3) is 0 Å². The summed E-state index contributed by atoms with van der Waals surface area (Å²) < 4.78 is 0. The number of fused-ring (bicyclic) bond motifs is 1. The summed E-state index contributed by atoms with van der Waals surface area (Å²) in [6, 6.07) is 4.96. The van der Waals surface area contributed by atoms with Crippen molar-refractivity contribution in [2.24, 2.45) is 5.92 Å². The fourth-order valence-corrected chi connectivity index (χ4v) is 3.41. The van der Waals surface area contributed by atoms with Gasteiger partial charge in [0.05, 0.1) is 0 Å². The van der Waals surface area contributed by atoms with Gasteiger partial charge in [0.15, 0.2) is 0 Å². The quantitative estimate of drug-likeness (QED) is 0.723. The van der Waals surface area contributed by atoms with Crippen LogP contribution in [-0.2, 0) is 20.9 Å². The summed E-state index contributed by atoms with van der Waals surface area (Å²) in [4.78, 5) is 49.9. The first-order valence-electron chi connectivity index (χ1n) is 8.38. The highest BCUT2D eigenvalue weighted by Crippen LogP contribution is 2.32. The highest BCUT2D eigenvalue weighted by atomic mass is 16.2. The van der Waals surface area contributed by atoms with Gasteiger partial charge in [-0.25, -0.2) is 0 Å². The van der Waals surface area contributed by atoms with Gasteiger partial charge < -0.3 is 24.7 Å². The van der Waals surface area contributed by atoms with Crippen LogP contribution in [0.4, 0.5) is 5.69 Å². The number of likely N-dealkylation sites (N-methyl/N-ethyl adjacent to an activating group) is 1. The Morgan fingerprint density at radius 3 is 2.76 bits per heavy atom. The van der Waals surface area contributed by atoms with E-state index in [0.717, 1.165) is 23.8 Å². The molecule has 2 amide bonds. The molecule has 1 saturated heterocycles. The second-order valence-corrected chi connectivity index (χ2v) is 6.45. The third-order valence-electron chi connectivity index (χ3n) is 4.87. The van der Waals surface area contributed by atoms with Crippen molar-refractivity contribution < 1.29 is 19.2 Å². The Morgan fingerprint density at radius 1 is 1.36 bits per heavy atom. The van der Waals surface area contributed by atoms with Crippen molar-refractivity contribution in [3.8, 4) is 0 Å². The van der Waals surface area contributed by atoms with E-state index in [1.54, 1.807) is 6.07 Å². The summed E-state index contributed by atoms with van der Waals surface area (Å²) in [5.41, 5.74) is 2.45. The number of hydrogen-bond donors (Lipinski definition) is 1. The normalized spacial score (nSPS) is 17.7. The molecule has 1 aromatic rings. The van der Waals surface area contributed by atoms with Crippen LogP contribution in [0.5, 0.6) is 0 Å². The van der Waals surface area contributed by atoms with E-state index in [1.807, 2.05) is 12.1 Å². The van der Waals surface area contributed by atoms with Gasteiger partial charge in [-0.1, -0.05) is 0 Å². The zero-order valence-electron chi connectivity index (χ0n) is 14.1. The number of hydrogen-bond acceptors (Lipinski definition) is 5. The van der Waals surface area contributed by atoms with Gasteiger partial charge in [-0.2, -0.15) is 0 Å². The van der Waals surface area contributed by atoms with Crippen LogP contribution in [0.3, 0.4) is 0 Å². The second-order valence-electron chi connectivity index (χ2n) is 6.45. The second kappa shape index (κ2) is 7.04. The predicted molar refractivity (Wildman–Crippen MR) is 91.2 cm³/mol. The predicted octanol–water partition coefficient (Wildman–Crippen LogP) is 0.371. The molecule has 0 aliphatic carbocycles. The highest BCUT2D eigenvalue weighted by molar-refractivity contribution is 6.01. The maximum Gasteiger partial charge on any atom is 0.255 e. The summed E-state index contributed by atoms with van der Waals surface area (Å²) in [7, 11) is 1.52. The molecule has 0 radical (unpaired) electrons. The molecule has 7 nitrogen and oxygen atoms in total. The van der Waals surface area contributed by atoms with E-state index in [2.05, 4.69) is 10.2 Å². The first kappa shape index (κ1) is 17.1. The zero-order valence-corrected chi connectivity index (χ0v) is 14.1. The summed E-state index contributed by atoms with van der Waals surface area (Å²) in [5.74, 6) is -0.373. The number of nitrogens with one attached hydrogen (secondary N) is 1. The molecular formula is C18H21N3O4. The molecule has 1 fully saturated rings. The van der Waals surface area contributed by atoms with E-state index >= 15 is 0 Å². The molecule has 2 aliphatic rings. The molecule has 1 aromatic carbocycles. The van der Waals surface area contributed by atoms with Gasteiger partial charge in [0.25, 0.3) is 5.91 Å². The van der Waals surface area contributed by atoms with Crippen LogP contribution in [-0.4, -0.2) is 55.5 Å². The van der Waals surface area contributed by atoms with Gasteiger partial charge in [-0.3, -0.25) is 9.59 Å². The minimum Gasteiger partial charge on any atom is -0.370 e. The van der Waals surface area contributed by atoms with E-state index in [4.69, 9.17) is 0 Å². The van der Waals surface area contributed by atoms with Crippen LogP contribution >= 0.6 is 0 Å². The Bertz CT molecular complexity index is 712. The number of nitrogens with zero attached hydrogens (tertiary/aromatic N) is 2. The lowest BCUT2D eigenvalue weighted by Gasteiger charge is -2.38. The minimum absolute atomic E-state index is 0.0763. The van der Waals surface area contributed by atoms with E-state index in [9.17, 15) is 19.2 Å². The number of benzene rings is 1. The number of amides is 2. The number of aldehydes is 2. The largest absolute Gasteiger partial charge is 0.370 e. The van der Waals surface area contributed by atoms with Crippen molar-refractivity contribution in [3.05, 3.63) is 29.3 Å². The first-order chi connectivity index (χ1) is 12.1. The summed E-state index contributed by atoms with van der Waals surface area (Å²) in [6.07, 6.45) is 2.26. The van der Waals surface area contributed by atoms with E-state index in [0.29, 0.717) is 31.6 Å². The van der Waals surface area contributed by atoms with Gasteiger partial charge >= 0.3 is 0 Å². The Labute approximate surface area is 146 Å². The molecule has 0 aromatic heterocycles. The smallest absolute Gasteiger partial charge is 0.255 e. The average Bonchev–Trinajstić information content (AvgIpc) is 2.90. The van der Waals surface area contributed by atoms with Gasteiger partial charge in [-0.15, -0.1) is 0 Å². The summed E-state index contributed by atoms with van der Waals surface area (Å²) >= 11 is 0. The summed E-state index contributed by atoms with van der Waals surface area (Å²) in [6.45, 7) is 1.74. The first-order valence-corrected chi connectivity index (χ1v) is 8.38. The molecule has 132 valence electrons. The number of carbonyl (C=O) groups is 4. The molecule has 1 unspecified atom stereocenters. The zero-order chi connectivity index (χ0) is 18.0. The number of rotatable bonds is 7. The fraction of sp³-hybridized carbons (Fsp3) is 0.444. The third-order valence-corrected chi connectivity index (χ3v) is 4.87. The van der Waals surface area contributed by atoms with Crippen LogP contribution in [0.1, 0.15) is 28.8 Å². The van der Waals surface area contributed by atoms with Crippen LogP contribution in [0, 0.1) is 5.92 Å². The van der Waals surface area contributed by atoms with Crippen molar-refractivity contribution in [2.45, 2.75) is 25.4 Å². The molecule has 0 spiro atoms. The van der Waals surface area contributed by atoms with Crippen molar-refractivity contribution in [1.82, 2.24) is 10.2 Å². The SMILES string of the molecule is CNC(=O)C(CCC=O)N1Cc2cc(N3CC(C=O)C3)ccc2C1=O. The highest BCUT2D eigenvalue weighted by Gasteiger charge is 2.36. The molecule has 25 heavy (non-hydrogen) atoms. The average molecular weight is 343 g/mol. The summed E-state index contributed by atoms with van der Waals surface area (Å²) in [5, 5.41) is 2.57. The van der Waals surface area contributed by atoms with Gasteiger partial charge in [0, 0.05) is 50.3 Å². The molecule has 0 bridgehead atoms. The maximum absolute atomic E-state index is 12.7. The lowest BCUT2D eigenvalue weighted by molar-refractivity contribution is -0.125.